The van der Waals surface area contributed by atoms with Gasteiger partial charge in [0.1, 0.15) is 0 Å². The number of rotatable bonds is 8. The highest BCUT2D eigenvalue weighted by atomic mass is 127. The molecule has 0 unspecified atom stereocenters. The first-order valence-corrected chi connectivity index (χ1v) is 9.38. The van der Waals surface area contributed by atoms with Crippen molar-refractivity contribution in [3.05, 3.63) is 18.2 Å². The van der Waals surface area contributed by atoms with Crippen LogP contribution in [0.2, 0.25) is 0 Å². The first-order chi connectivity index (χ1) is 12.3. The van der Waals surface area contributed by atoms with Crippen molar-refractivity contribution >= 4 is 35.6 Å². The van der Waals surface area contributed by atoms with E-state index in [0.29, 0.717) is 13.2 Å². The third-order valence-corrected chi connectivity index (χ3v) is 4.12. The van der Waals surface area contributed by atoms with Crippen molar-refractivity contribution in [2.24, 2.45) is 10.9 Å². The van der Waals surface area contributed by atoms with Gasteiger partial charge in [-0.25, -0.2) is 0 Å². The molecule has 0 atom stereocenters. The van der Waals surface area contributed by atoms with Crippen LogP contribution in [0.25, 0.3) is 0 Å². The van der Waals surface area contributed by atoms with E-state index in [2.05, 4.69) is 22.5 Å². The molecule has 0 aromatic heterocycles. The van der Waals surface area contributed by atoms with Gasteiger partial charge in [0.25, 0.3) is 0 Å². The van der Waals surface area contributed by atoms with E-state index in [-0.39, 0.29) is 24.0 Å². The molecule has 1 aromatic carbocycles. The van der Waals surface area contributed by atoms with Gasteiger partial charge in [0.05, 0.1) is 13.2 Å². The molecule has 146 valence electrons. The fourth-order valence-electron chi connectivity index (χ4n) is 2.58. The molecule has 1 aromatic rings. The Morgan fingerprint density at radius 1 is 1.23 bits per heavy atom. The summed E-state index contributed by atoms with van der Waals surface area (Å²) in [6, 6.07) is 5.89. The maximum Gasteiger partial charge on any atom is 0.195 e. The Kier molecular flexibility index (Phi) is 9.31. The zero-order valence-corrected chi connectivity index (χ0v) is 17.8. The molecule has 2 aliphatic rings. The van der Waals surface area contributed by atoms with Crippen LogP contribution < -0.4 is 20.1 Å². The molecule has 2 N–H and O–H groups in total. The molecule has 1 saturated carbocycles. The molecule has 26 heavy (non-hydrogen) atoms. The van der Waals surface area contributed by atoms with Crippen molar-refractivity contribution in [3.8, 4) is 11.5 Å². The Morgan fingerprint density at radius 3 is 2.81 bits per heavy atom. The Bertz CT molecular complexity index is 579. The van der Waals surface area contributed by atoms with Crippen LogP contribution in [0.4, 0.5) is 5.69 Å². The number of ether oxygens (including phenoxy) is 3. The maximum atomic E-state index is 5.74. The van der Waals surface area contributed by atoms with Crippen LogP contribution in [0.1, 0.15) is 32.6 Å². The van der Waals surface area contributed by atoms with Crippen LogP contribution >= 0.6 is 24.0 Å². The zero-order valence-electron chi connectivity index (χ0n) is 15.5. The number of halogens is 1. The summed E-state index contributed by atoms with van der Waals surface area (Å²) < 4.78 is 17.1. The topological polar surface area (TPSA) is 64.1 Å². The average molecular weight is 475 g/mol. The number of anilines is 1. The van der Waals surface area contributed by atoms with Crippen LogP contribution in [0.15, 0.2) is 23.2 Å². The van der Waals surface area contributed by atoms with Crippen molar-refractivity contribution in [1.29, 1.82) is 0 Å². The molecule has 1 fully saturated rings. The number of nitrogens with one attached hydrogen (secondary N) is 2. The van der Waals surface area contributed by atoms with Crippen LogP contribution in [-0.2, 0) is 4.74 Å². The molecule has 1 aliphatic carbocycles. The highest BCUT2D eigenvalue weighted by Crippen LogP contribution is 2.32. The fourth-order valence-corrected chi connectivity index (χ4v) is 2.58. The molecule has 1 heterocycles. The smallest absolute Gasteiger partial charge is 0.195 e. The monoisotopic (exact) mass is 475 g/mol. The molecule has 0 amide bonds. The third-order valence-electron chi connectivity index (χ3n) is 4.12. The minimum Gasteiger partial charge on any atom is -0.490 e. The van der Waals surface area contributed by atoms with Crippen LogP contribution in [0.5, 0.6) is 11.5 Å². The van der Waals surface area contributed by atoms with Crippen LogP contribution in [0, 0.1) is 5.92 Å². The van der Waals surface area contributed by atoms with E-state index in [1.54, 1.807) is 0 Å². The number of fused-ring (bicyclic) bond motifs is 1. The Hall–Kier alpha value is -1.22. The van der Waals surface area contributed by atoms with Gasteiger partial charge >= 0.3 is 0 Å². The van der Waals surface area contributed by atoms with Crippen molar-refractivity contribution in [3.63, 3.8) is 0 Å². The minimum atomic E-state index is 0. The van der Waals surface area contributed by atoms with E-state index in [0.717, 1.165) is 68.2 Å². The second-order valence-corrected chi connectivity index (χ2v) is 6.47. The second kappa shape index (κ2) is 11.5. The van der Waals surface area contributed by atoms with E-state index in [4.69, 9.17) is 14.2 Å². The number of benzene rings is 1. The van der Waals surface area contributed by atoms with Crippen molar-refractivity contribution in [1.82, 2.24) is 5.32 Å². The molecular weight excluding hydrogens is 445 g/mol. The van der Waals surface area contributed by atoms with Crippen molar-refractivity contribution in [2.75, 3.05) is 44.8 Å². The summed E-state index contributed by atoms with van der Waals surface area (Å²) in [5.74, 6) is 3.19. The molecule has 3 rings (SSSR count). The largest absolute Gasteiger partial charge is 0.490 e. The molecule has 0 spiro atoms. The van der Waals surface area contributed by atoms with E-state index in [1.165, 1.54) is 12.8 Å². The summed E-state index contributed by atoms with van der Waals surface area (Å²) in [7, 11) is 0. The fraction of sp³-hybridized carbons (Fsp3) is 0.632. The van der Waals surface area contributed by atoms with Gasteiger partial charge in [-0.15, -0.1) is 24.0 Å². The minimum absolute atomic E-state index is 0. The molecule has 6 nitrogen and oxygen atoms in total. The molecule has 7 heteroatoms. The average Bonchev–Trinajstić information content (AvgIpc) is 3.44. The standard InChI is InChI=1S/C19H29N3O3.HI/c1-2-20-19(21-9-3-10-23-14-15-5-6-15)22-16-7-8-17-18(13-16)25-12-4-11-24-17;/h7-8,13,15H,2-6,9-12,14H2,1H3,(H2,20,21,22);1H. The molecule has 1 aliphatic heterocycles. The second-order valence-electron chi connectivity index (χ2n) is 6.47. The molecule has 0 bridgehead atoms. The van der Waals surface area contributed by atoms with E-state index >= 15 is 0 Å². The van der Waals surface area contributed by atoms with Gasteiger partial charge in [0.15, 0.2) is 17.5 Å². The summed E-state index contributed by atoms with van der Waals surface area (Å²) in [6.07, 6.45) is 4.51. The normalized spacial score (nSPS) is 16.4. The van der Waals surface area contributed by atoms with Gasteiger partial charge in [0, 0.05) is 44.5 Å². The number of hydrogen-bond acceptors (Lipinski definition) is 4. The van der Waals surface area contributed by atoms with E-state index in [9.17, 15) is 0 Å². The van der Waals surface area contributed by atoms with Crippen LogP contribution in [0.3, 0.4) is 0 Å². The van der Waals surface area contributed by atoms with E-state index in [1.807, 2.05) is 18.2 Å². The Balaban J connectivity index is 0.00000243. The van der Waals surface area contributed by atoms with Crippen molar-refractivity contribution < 1.29 is 14.2 Å². The SMILES string of the molecule is CCNC(=NCCCOCC1CC1)Nc1ccc2c(c1)OCCCO2.I. The lowest BCUT2D eigenvalue weighted by molar-refractivity contribution is 0.123. The lowest BCUT2D eigenvalue weighted by Gasteiger charge is -2.13. The third kappa shape index (κ3) is 7.19. The van der Waals surface area contributed by atoms with Gasteiger partial charge in [-0.05, 0) is 44.2 Å². The number of hydrogen-bond donors (Lipinski definition) is 2. The molecule has 0 saturated heterocycles. The van der Waals surface area contributed by atoms with Gasteiger partial charge in [-0.2, -0.15) is 0 Å². The quantitative estimate of drug-likeness (QED) is 0.260. The predicted molar refractivity (Wildman–Crippen MR) is 115 cm³/mol. The highest BCUT2D eigenvalue weighted by Gasteiger charge is 2.20. The van der Waals surface area contributed by atoms with Gasteiger partial charge in [-0.3, -0.25) is 4.99 Å². The first-order valence-electron chi connectivity index (χ1n) is 9.38. The summed E-state index contributed by atoms with van der Waals surface area (Å²) in [5, 5.41) is 6.60. The predicted octanol–water partition coefficient (Wildman–Crippen LogP) is 3.66. The summed E-state index contributed by atoms with van der Waals surface area (Å²) in [6.45, 7) is 6.70. The number of guanidine groups is 1. The summed E-state index contributed by atoms with van der Waals surface area (Å²) in [5.41, 5.74) is 0.939. The number of nitrogens with zero attached hydrogens (tertiary/aromatic N) is 1. The Labute approximate surface area is 173 Å². The lowest BCUT2D eigenvalue weighted by Crippen LogP contribution is -2.30. The van der Waals surface area contributed by atoms with E-state index < -0.39 is 0 Å². The zero-order chi connectivity index (χ0) is 17.3. The van der Waals surface area contributed by atoms with Gasteiger partial charge in [-0.1, -0.05) is 0 Å². The molecular formula is C19H30IN3O3. The maximum absolute atomic E-state index is 5.74. The summed E-state index contributed by atoms with van der Waals surface area (Å²) >= 11 is 0. The van der Waals surface area contributed by atoms with Gasteiger partial charge < -0.3 is 24.8 Å². The lowest BCUT2D eigenvalue weighted by atomic mass is 10.3. The van der Waals surface area contributed by atoms with Crippen LogP contribution in [-0.4, -0.2) is 45.5 Å². The first kappa shape index (κ1) is 21.1. The van der Waals surface area contributed by atoms with Crippen molar-refractivity contribution in [2.45, 2.75) is 32.6 Å². The number of aliphatic imine (C=N–C) groups is 1. The Morgan fingerprint density at radius 2 is 2.04 bits per heavy atom. The summed E-state index contributed by atoms with van der Waals surface area (Å²) in [4.78, 5) is 4.61. The highest BCUT2D eigenvalue weighted by molar-refractivity contribution is 14.0. The van der Waals surface area contributed by atoms with Gasteiger partial charge in [0.2, 0.25) is 0 Å². The molecule has 0 radical (unpaired) electrons.